The molecule has 1 heterocycles. The van der Waals surface area contributed by atoms with Gasteiger partial charge < -0.3 is 23.7 Å². The predicted molar refractivity (Wildman–Crippen MR) is 126 cm³/mol. The summed E-state index contributed by atoms with van der Waals surface area (Å²) in [6.45, 7) is 1.61. The first kappa shape index (κ1) is 26.2. The van der Waals surface area contributed by atoms with E-state index in [-0.39, 0.29) is 5.56 Å². The Balaban J connectivity index is 1.88. The average molecular weight is 531 g/mol. The zero-order valence-corrected chi connectivity index (χ0v) is 20.4. The number of alkyl halides is 3. The minimum Gasteiger partial charge on any atom is -0.453 e. The molecule has 2 aromatic carbocycles. The summed E-state index contributed by atoms with van der Waals surface area (Å²) >= 11 is 17.2. The first-order chi connectivity index (χ1) is 16.1. The zero-order valence-electron chi connectivity index (χ0n) is 18.2. The van der Waals surface area contributed by atoms with Crippen molar-refractivity contribution in [2.75, 3.05) is 7.11 Å². The van der Waals surface area contributed by atoms with Crippen molar-refractivity contribution in [2.45, 2.75) is 41.4 Å². The minimum atomic E-state index is -2.18. The number of esters is 2. The summed E-state index contributed by atoms with van der Waals surface area (Å²) in [7, 11) is 1.35. The van der Waals surface area contributed by atoms with Crippen LogP contribution in [0, 0.1) is 5.41 Å². The molecule has 5 atom stereocenters. The molecule has 1 saturated heterocycles. The van der Waals surface area contributed by atoms with Crippen molar-refractivity contribution < 1.29 is 33.3 Å². The Bertz CT molecular complexity index is 1000. The summed E-state index contributed by atoms with van der Waals surface area (Å²) in [6, 6.07) is 16.5. The van der Waals surface area contributed by atoms with E-state index in [0.717, 1.165) is 0 Å². The van der Waals surface area contributed by atoms with Crippen LogP contribution >= 0.6 is 34.8 Å². The van der Waals surface area contributed by atoms with E-state index in [2.05, 4.69) is 0 Å². The Morgan fingerprint density at radius 2 is 1.29 bits per heavy atom. The second-order valence-electron chi connectivity index (χ2n) is 7.33. The van der Waals surface area contributed by atoms with Crippen LogP contribution in [0.1, 0.15) is 27.6 Å². The molecule has 1 unspecified atom stereocenters. The smallest absolute Gasteiger partial charge is 0.338 e. The summed E-state index contributed by atoms with van der Waals surface area (Å²) in [5.41, 5.74) is 0.572. The predicted octanol–water partition coefficient (Wildman–Crippen LogP) is 4.56. The molecule has 0 radical (unpaired) electrons. The van der Waals surface area contributed by atoms with E-state index in [1.807, 2.05) is 0 Å². The van der Waals surface area contributed by atoms with Crippen molar-refractivity contribution in [3.05, 3.63) is 71.8 Å². The summed E-state index contributed by atoms with van der Waals surface area (Å²) < 4.78 is 25.9. The number of halogens is 3. The number of hydrogen-bond donors (Lipinski definition) is 1. The molecule has 0 saturated carbocycles. The number of ether oxygens (including phenoxy) is 5. The van der Waals surface area contributed by atoms with Crippen molar-refractivity contribution >= 4 is 52.6 Å². The van der Waals surface area contributed by atoms with E-state index < -0.39 is 52.3 Å². The van der Waals surface area contributed by atoms with Crippen LogP contribution in [-0.2, 0) is 23.7 Å². The van der Waals surface area contributed by atoms with Crippen LogP contribution in [0.15, 0.2) is 60.7 Å². The molecule has 0 aromatic heterocycles. The molecule has 11 heteroatoms. The number of carbonyl (C=O) groups is 2. The molecule has 0 aliphatic carbocycles. The quantitative estimate of drug-likeness (QED) is 0.253. The van der Waals surface area contributed by atoms with Crippen molar-refractivity contribution in [3.63, 3.8) is 0 Å². The highest BCUT2D eigenvalue weighted by Crippen LogP contribution is 2.33. The lowest BCUT2D eigenvalue weighted by Gasteiger charge is -2.43. The fourth-order valence-electron chi connectivity index (χ4n) is 3.34. The SMILES string of the molecule is CO[C@H]1[C@H](OC(=O)c2ccccc2)[C@@H](C)OC(OC(=N)C(Cl)(Cl)Cl)[C@@H]1OC(=O)c1ccccc1. The van der Waals surface area contributed by atoms with E-state index in [9.17, 15) is 9.59 Å². The summed E-state index contributed by atoms with van der Waals surface area (Å²) in [5.74, 6) is -2.08. The molecule has 8 nitrogen and oxygen atoms in total. The van der Waals surface area contributed by atoms with Crippen LogP contribution in [0.25, 0.3) is 0 Å². The summed E-state index contributed by atoms with van der Waals surface area (Å²) in [5, 5.41) is 7.91. The topological polar surface area (TPSA) is 104 Å². The van der Waals surface area contributed by atoms with E-state index in [0.29, 0.717) is 5.56 Å². The van der Waals surface area contributed by atoms with Gasteiger partial charge in [-0.25, -0.2) is 9.59 Å². The van der Waals surface area contributed by atoms with Gasteiger partial charge in [0.15, 0.2) is 12.2 Å². The van der Waals surface area contributed by atoms with Gasteiger partial charge in [-0.1, -0.05) is 71.2 Å². The second-order valence-corrected chi connectivity index (χ2v) is 9.61. The van der Waals surface area contributed by atoms with Crippen LogP contribution in [-0.4, -0.2) is 59.4 Å². The number of nitrogens with one attached hydrogen (secondary N) is 1. The molecular weight excluding hydrogens is 509 g/mol. The van der Waals surface area contributed by atoms with Crippen molar-refractivity contribution in [2.24, 2.45) is 0 Å². The van der Waals surface area contributed by atoms with E-state index in [1.54, 1.807) is 67.6 Å². The van der Waals surface area contributed by atoms with Crippen molar-refractivity contribution in [1.82, 2.24) is 0 Å². The third-order valence-corrected chi connectivity index (χ3v) is 5.51. The zero-order chi connectivity index (χ0) is 24.9. The van der Waals surface area contributed by atoms with Gasteiger partial charge in [-0.3, -0.25) is 5.41 Å². The van der Waals surface area contributed by atoms with Crippen molar-refractivity contribution in [3.8, 4) is 0 Å². The van der Waals surface area contributed by atoms with Gasteiger partial charge in [-0.15, -0.1) is 0 Å². The number of benzene rings is 2. The monoisotopic (exact) mass is 529 g/mol. The molecule has 1 aliphatic heterocycles. The largest absolute Gasteiger partial charge is 0.453 e. The lowest BCUT2D eigenvalue weighted by atomic mass is 9.98. The number of methoxy groups -OCH3 is 1. The van der Waals surface area contributed by atoms with Crippen LogP contribution < -0.4 is 0 Å². The lowest BCUT2D eigenvalue weighted by Crippen LogP contribution is -2.61. The standard InChI is InChI=1S/C23H22Cl3NO7/c1-13-16(32-19(28)14-9-5-3-6-10-14)17(30-2)18(21(31-13)34-22(27)23(24,25)26)33-20(29)15-11-7-4-8-12-15/h3-13,16-18,21,27H,1-2H3/t13-,16-,17+,18-,21?/m1/s1. The maximum Gasteiger partial charge on any atom is 0.338 e. The highest BCUT2D eigenvalue weighted by molar-refractivity contribution is 6.76. The first-order valence-corrected chi connectivity index (χ1v) is 11.3. The molecule has 0 bridgehead atoms. The molecule has 34 heavy (non-hydrogen) atoms. The molecule has 0 amide bonds. The number of carbonyl (C=O) groups excluding carboxylic acids is 2. The molecule has 1 N–H and O–H groups in total. The average Bonchev–Trinajstić information content (AvgIpc) is 2.82. The third kappa shape index (κ3) is 6.40. The van der Waals surface area contributed by atoms with Crippen LogP contribution in [0.4, 0.5) is 0 Å². The fourth-order valence-corrected chi connectivity index (χ4v) is 3.47. The van der Waals surface area contributed by atoms with Gasteiger partial charge in [-0.2, -0.15) is 0 Å². The Morgan fingerprint density at radius 3 is 1.74 bits per heavy atom. The molecule has 1 aliphatic rings. The maximum absolute atomic E-state index is 12.8. The number of rotatable bonds is 6. The first-order valence-electron chi connectivity index (χ1n) is 10.1. The van der Waals surface area contributed by atoms with Crippen LogP contribution in [0.2, 0.25) is 0 Å². The molecule has 3 rings (SSSR count). The highest BCUT2D eigenvalue weighted by Gasteiger charge is 2.51. The normalized spacial score (nSPS) is 24.7. The van der Waals surface area contributed by atoms with Crippen LogP contribution in [0.3, 0.4) is 0 Å². The van der Waals surface area contributed by atoms with Gasteiger partial charge in [0.25, 0.3) is 3.79 Å². The van der Waals surface area contributed by atoms with Crippen LogP contribution in [0.5, 0.6) is 0 Å². The third-order valence-electron chi connectivity index (χ3n) is 5.00. The van der Waals surface area contributed by atoms with Crippen molar-refractivity contribution in [1.29, 1.82) is 5.41 Å². The van der Waals surface area contributed by atoms with E-state index in [1.165, 1.54) is 7.11 Å². The Hall–Kier alpha value is -2.36. The van der Waals surface area contributed by atoms with E-state index in [4.69, 9.17) is 63.9 Å². The molecular formula is C23H22Cl3NO7. The second kappa shape index (κ2) is 11.4. The fraction of sp³-hybridized carbons (Fsp3) is 0.348. The van der Waals surface area contributed by atoms with Gasteiger partial charge in [-0.05, 0) is 31.2 Å². The molecule has 1 fully saturated rings. The molecule has 2 aromatic rings. The summed E-state index contributed by atoms with van der Waals surface area (Å²) in [6.07, 6.45) is -5.49. The number of hydrogen-bond acceptors (Lipinski definition) is 8. The lowest BCUT2D eigenvalue weighted by molar-refractivity contribution is -0.275. The Kier molecular flexibility index (Phi) is 8.78. The van der Waals surface area contributed by atoms with Gasteiger partial charge in [0.05, 0.1) is 17.2 Å². The van der Waals surface area contributed by atoms with Gasteiger partial charge in [0, 0.05) is 7.11 Å². The Morgan fingerprint density at radius 1 is 0.824 bits per heavy atom. The highest BCUT2D eigenvalue weighted by atomic mass is 35.6. The molecule has 0 spiro atoms. The van der Waals surface area contributed by atoms with Gasteiger partial charge in [0.2, 0.25) is 12.2 Å². The molecule has 182 valence electrons. The van der Waals surface area contributed by atoms with Gasteiger partial charge in [0.1, 0.15) is 6.10 Å². The Labute approximate surface area is 211 Å². The van der Waals surface area contributed by atoms with Gasteiger partial charge >= 0.3 is 11.9 Å². The maximum atomic E-state index is 12.8. The minimum absolute atomic E-state index is 0.254. The van der Waals surface area contributed by atoms with E-state index >= 15 is 0 Å². The summed E-state index contributed by atoms with van der Waals surface area (Å²) in [4.78, 5) is 25.5.